The van der Waals surface area contributed by atoms with Gasteiger partial charge in [-0.25, -0.2) is 4.98 Å². The lowest BCUT2D eigenvalue weighted by Gasteiger charge is -2.33. The summed E-state index contributed by atoms with van der Waals surface area (Å²) >= 11 is 0. The van der Waals surface area contributed by atoms with E-state index in [4.69, 9.17) is 5.26 Å². The predicted molar refractivity (Wildman–Crippen MR) is 69.9 cm³/mol. The van der Waals surface area contributed by atoms with Gasteiger partial charge in [-0.15, -0.1) is 0 Å². The third-order valence-corrected chi connectivity index (χ3v) is 3.26. The molecule has 7 heteroatoms. The number of anilines is 1. The Morgan fingerprint density at radius 1 is 1.47 bits per heavy atom. The number of nitriles is 1. The summed E-state index contributed by atoms with van der Waals surface area (Å²) in [5, 5.41) is 19.8. The predicted octanol–water partition coefficient (Wildman–Crippen LogP) is 0.944. The van der Waals surface area contributed by atoms with Gasteiger partial charge in [0.05, 0.1) is 17.5 Å². The SMILES string of the molecule is Cc1ccnc(N2CCN(CC#N)CC2)c1[N+](=O)[O-]. The van der Waals surface area contributed by atoms with Gasteiger partial charge in [0.15, 0.2) is 0 Å². The zero-order valence-electron chi connectivity index (χ0n) is 10.7. The van der Waals surface area contributed by atoms with Crippen LogP contribution in [0.1, 0.15) is 5.56 Å². The molecule has 100 valence electrons. The monoisotopic (exact) mass is 261 g/mol. The molecule has 1 aromatic rings. The number of hydrogen-bond acceptors (Lipinski definition) is 6. The van der Waals surface area contributed by atoms with Gasteiger partial charge in [-0.1, -0.05) is 0 Å². The number of pyridine rings is 1. The maximum atomic E-state index is 11.1. The lowest BCUT2D eigenvalue weighted by Crippen LogP contribution is -2.46. The Labute approximate surface area is 111 Å². The van der Waals surface area contributed by atoms with Crippen LogP contribution in [0, 0.1) is 28.4 Å². The van der Waals surface area contributed by atoms with Gasteiger partial charge in [0, 0.05) is 37.9 Å². The van der Waals surface area contributed by atoms with Gasteiger partial charge in [-0.05, 0) is 13.0 Å². The highest BCUT2D eigenvalue weighted by molar-refractivity contribution is 5.61. The van der Waals surface area contributed by atoms with Gasteiger partial charge in [0.2, 0.25) is 5.82 Å². The molecule has 0 saturated carbocycles. The summed E-state index contributed by atoms with van der Waals surface area (Å²) in [6.45, 7) is 4.87. The van der Waals surface area contributed by atoms with Crippen LogP contribution in [-0.2, 0) is 0 Å². The number of aromatic nitrogens is 1. The molecule has 0 radical (unpaired) electrons. The molecule has 1 aliphatic heterocycles. The summed E-state index contributed by atoms with van der Waals surface area (Å²) in [7, 11) is 0. The van der Waals surface area contributed by atoms with Crippen LogP contribution in [0.5, 0.6) is 0 Å². The lowest BCUT2D eigenvalue weighted by atomic mass is 10.2. The van der Waals surface area contributed by atoms with Crippen molar-refractivity contribution in [2.24, 2.45) is 0 Å². The van der Waals surface area contributed by atoms with E-state index in [1.165, 1.54) is 0 Å². The first-order valence-corrected chi connectivity index (χ1v) is 6.07. The topological polar surface area (TPSA) is 86.3 Å². The van der Waals surface area contributed by atoms with Gasteiger partial charge in [-0.3, -0.25) is 15.0 Å². The number of nitrogens with zero attached hydrogens (tertiary/aromatic N) is 5. The minimum Gasteiger partial charge on any atom is -0.348 e. The van der Waals surface area contributed by atoms with Gasteiger partial charge < -0.3 is 4.90 Å². The van der Waals surface area contributed by atoms with Crippen molar-refractivity contribution >= 4 is 11.5 Å². The molecule has 1 fully saturated rings. The van der Waals surface area contributed by atoms with Crippen molar-refractivity contribution in [3.05, 3.63) is 27.9 Å². The van der Waals surface area contributed by atoms with E-state index in [9.17, 15) is 10.1 Å². The van der Waals surface area contributed by atoms with Crippen molar-refractivity contribution < 1.29 is 4.92 Å². The van der Waals surface area contributed by atoms with Gasteiger partial charge in [-0.2, -0.15) is 5.26 Å². The zero-order chi connectivity index (χ0) is 13.8. The van der Waals surface area contributed by atoms with Gasteiger partial charge in [0.1, 0.15) is 0 Å². The summed E-state index contributed by atoms with van der Waals surface area (Å²) < 4.78 is 0. The van der Waals surface area contributed by atoms with Crippen LogP contribution in [-0.4, -0.2) is 47.5 Å². The Kier molecular flexibility index (Phi) is 3.92. The molecule has 0 aliphatic carbocycles. The molecule has 2 heterocycles. The maximum absolute atomic E-state index is 11.1. The Balaban J connectivity index is 2.18. The van der Waals surface area contributed by atoms with Crippen molar-refractivity contribution in [2.45, 2.75) is 6.92 Å². The van der Waals surface area contributed by atoms with Crippen LogP contribution in [0.25, 0.3) is 0 Å². The zero-order valence-corrected chi connectivity index (χ0v) is 10.7. The maximum Gasteiger partial charge on any atom is 0.314 e. The van der Waals surface area contributed by atoms with E-state index in [0.29, 0.717) is 31.0 Å². The number of rotatable bonds is 3. The molecule has 1 aliphatic rings. The van der Waals surface area contributed by atoms with Crippen LogP contribution >= 0.6 is 0 Å². The van der Waals surface area contributed by atoms with Crippen LogP contribution in [0.15, 0.2) is 12.3 Å². The second-order valence-electron chi connectivity index (χ2n) is 4.48. The Hall–Kier alpha value is -2.20. The van der Waals surface area contributed by atoms with E-state index in [2.05, 4.69) is 11.1 Å². The van der Waals surface area contributed by atoms with Crippen LogP contribution in [0.3, 0.4) is 0 Å². The smallest absolute Gasteiger partial charge is 0.314 e. The third kappa shape index (κ3) is 2.80. The van der Waals surface area contributed by atoms with Crippen LogP contribution in [0.4, 0.5) is 11.5 Å². The average Bonchev–Trinajstić information content (AvgIpc) is 2.39. The molecular formula is C12H15N5O2. The molecule has 1 aromatic heterocycles. The minimum atomic E-state index is -0.376. The molecular weight excluding hydrogens is 246 g/mol. The van der Waals surface area contributed by atoms with E-state index in [1.54, 1.807) is 19.2 Å². The molecule has 0 unspecified atom stereocenters. The molecule has 0 amide bonds. The Bertz CT molecular complexity index is 517. The number of piperazine rings is 1. The molecule has 0 N–H and O–H groups in total. The molecule has 1 saturated heterocycles. The third-order valence-electron chi connectivity index (χ3n) is 3.26. The molecule has 0 atom stereocenters. The Morgan fingerprint density at radius 3 is 2.74 bits per heavy atom. The quantitative estimate of drug-likeness (QED) is 0.457. The lowest BCUT2D eigenvalue weighted by molar-refractivity contribution is -0.384. The second-order valence-corrected chi connectivity index (χ2v) is 4.48. The molecule has 0 bridgehead atoms. The number of aryl methyl sites for hydroxylation is 1. The summed E-state index contributed by atoms with van der Waals surface area (Å²) in [4.78, 5) is 18.9. The molecule has 19 heavy (non-hydrogen) atoms. The van der Waals surface area contributed by atoms with Gasteiger partial charge in [0.25, 0.3) is 0 Å². The van der Waals surface area contributed by atoms with Crippen LogP contribution < -0.4 is 4.90 Å². The molecule has 0 spiro atoms. The van der Waals surface area contributed by atoms with E-state index in [-0.39, 0.29) is 10.6 Å². The van der Waals surface area contributed by atoms with Crippen molar-refractivity contribution in [1.29, 1.82) is 5.26 Å². The first kappa shape index (κ1) is 13.2. The fourth-order valence-corrected chi connectivity index (χ4v) is 2.21. The molecule has 0 aromatic carbocycles. The fourth-order valence-electron chi connectivity index (χ4n) is 2.21. The number of hydrogen-bond donors (Lipinski definition) is 0. The molecule has 7 nitrogen and oxygen atoms in total. The minimum absolute atomic E-state index is 0.0798. The van der Waals surface area contributed by atoms with Crippen LogP contribution in [0.2, 0.25) is 0 Å². The first-order valence-electron chi connectivity index (χ1n) is 6.07. The summed E-state index contributed by atoms with van der Waals surface area (Å²) in [6, 6.07) is 3.76. The summed E-state index contributed by atoms with van der Waals surface area (Å²) in [5.41, 5.74) is 0.700. The Morgan fingerprint density at radius 2 is 2.16 bits per heavy atom. The largest absolute Gasteiger partial charge is 0.348 e. The van der Waals surface area contributed by atoms with Crippen molar-refractivity contribution in [2.75, 3.05) is 37.6 Å². The highest BCUT2D eigenvalue weighted by Gasteiger charge is 2.26. The normalized spacial score (nSPS) is 16.1. The van der Waals surface area contributed by atoms with E-state index < -0.39 is 0 Å². The first-order chi connectivity index (χ1) is 9.13. The van der Waals surface area contributed by atoms with Crippen molar-refractivity contribution in [3.8, 4) is 6.07 Å². The van der Waals surface area contributed by atoms with E-state index >= 15 is 0 Å². The average molecular weight is 261 g/mol. The van der Waals surface area contributed by atoms with Crippen molar-refractivity contribution in [3.63, 3.8) is 0 Å². The second kappa shape index (κ2) is 5.63. The highest BCUT2D eigenvalue weighted by Crippen LogP contribution is 2.29. The standard InChI is InChI=1S/C12H15N5O2/c1-10-2-4-14-12(11(10)17(18)19)16-8-6-15(5-3-13)7-9-16/h2,4H,5-9H2,1H3. The fraction of sp³-hybridized carbons (Fsp3) is 0.500. The van der Waals surface area contributed by atoms with E-state index in [1.807, 2.05) is 9.80 Å². The molecule has 2 rings (SSSR count). The summed E-state index contributed by atoms with van der Waals surface area (Å²) in [5.74, 6) is 0.432. The summed E-state index contributed by atoms with van der Waals surface area (Å²) in [6.07, 6.45) is 1.60. The van der Waals surface area contributed by atoms with Gasteiger partial charge >= 0.3 is 5.69 Å². The van der Waals surface area contributed by atoms with E-state index in [0.717, 1.165) is 13.1 Å². The number of nitro groups is 1. The van der Waals surface area contributed by atoms with Crippen molar-refractivity contribution in [1.82, 2.24) is 9.88 Å². The highest BCUT2D eigenvalue weighted by atomic mass is 16.6.